The molecule has 0 amide bonds. The van der Waals surface area contributed by atoms with Crippen LogP contribution in [0.4, 0.5) is 0 Å². The lowest BCUT2D eigenvalue weighted by Crippen LogP contribution is -2.23. The van der Waals surface area contributed by atoms with Crippen LogP contribution >= 0.6 is 0 Å². The predicted molar refractivity (Wildman–Crippen MR) is 40.4 cm³/mol. The van der Waals surface area contributed by atoms with E-state index < -0.39 is 0 Å². The summed E-state index contributed by atoms with van der Waals surface area (Å²) in [5.41, 5.74) is -0.0930. The summed E-state index contributed by atoms with van der Waals surface area (Å²) in [5.74, 6) is 0. The third-order valence-corrected chi connectivity index (χ3v) is 1.29. The molecule has 4 heteroatoms. The number of rotatable bonds is 3. The van der Waals surface area contributed by atoms with Crippen LogP contribution in [-0.4, -0.2) is 23.5 Å². The highest BCUT2D eigenvalue weighted by molar-refractivity contribution is 4.84. The minimum absolute atomic E-state index is 0.0930. The molecule has 0 N–H and O–H groups in total. The molecule has 0 unspecified atom stereocenters. The van der Waals surface area contributed by atoms with Crippen LogP contribution in [0, 0.1) is 0 Å². The summed E-state index contributed by atoms with van der Waals surface area (Å²) < 4.78 is 6.17. The van der Waals surface area contributed by atoms with Crippen LogP contribution in [0.15, 0.2) is 23.1 Å². The van der Waals surface area contributed by atoms with Crippen molar-refractivity contribution < 1.29 is 4.74 Å². The molecule has 1 aromatic rings. The first-order chi connectivity index (χ1) is 5.34. The minimum Gasteiger partial charge on any atom is -0.383 e. The number of aromatic nitrogens is 2. The molecule has 60 valence electrons. The van der Waals surface area contributed by atoms with E-state index in [0.29, 0.717) is 13.2 Å². The Bertz CT molecular complexity index is 269. The van der Waals surface area contributed by atoms with Gasteiger partial charge >= 0.3 is 0 Å². The fourth-order valence-corrected chi connectivity index (χ4v) is 0.733. The van der Waals surface area contributed by atoms with Crippen LogP contribution in [0.1, 0.15) is 0 Å². The van der Waals surface area contributed by atoms with E-state index in [-0.39, 0.29) is 5.56 Å². The van der Waals surface area contributed by atoms with E-state index in [4.69, 9.17) is 4.74 Å². The van der Waals surface area contributed by atoms with E-state index in [1.165, 1.54) is 10.7 Å². The molecule has 4 nitrogen and oxygen atoms in total. The number of hydrogen-bond donors (Lipinski definition) is 0. The summed E-state index contributed by atoms with van der Waals surface area (Å²) in [4.78, 5) is 11.0. The third-order valence-electron chi connectivity index (χ3n) is 1.29. The zero-order valence-corrected chi connectivity index (χ0v) is 6.36. The molecule has 0 atom stereocenters. The molecule has 0 aliphatic carbocycles. The van der Waals surface area contributed by atoms with Crippen LogP contribution in [0.3, 0.4) is 0 Å². The average Bonchev–Trinajstić information content (AvgIpc) is 2.03. The first-order valence-electron chi connectivity index (χ1n) is 3.35. The first kappa shape index (κ1) is 7.94. The van der Waals surface area contributed by atoms with E-state index in [0.717, 1.165) is 0 Å². The molecule has 0 spiro atoms. The van der Waals surface area contributed by atoms with Crippen molar-refractivity contribution in [2.75, 3.05) is 13.7 Å². The molecule has 0 fully saturated rings. The van der Waals surface area contributed by atoms with E-state index in [2.05, 4.69) is 5.10 Å². The van der Waals surface area contributed by atoms with Gasteiger partial charge in [0.25, 0.3) is 5.56 Å². The van der Waals surface area contributed by atoms with E-state index in [1.54, 1.807) is 19.4 Å². The Balaban J connectivity index is 2.70. The zero-order valence-electron chi connectivity index (χ0n) is 6.36. The molecule has 1 heterocycles. The highest BCUT2D eigenvalue weighted by atomic mass is 16.5. The smallest absolute Gasteiger partial charge is 0.266 e. The van der Waals surface area contributed by atoms with E-state index >= 15 is 0 Å². The van der Waals surface area contributed by atoms with Gasteiger partial charge in [0.2, 0.25) is 0 Å². The monoisotopic (exact) mass is 154 g/mol. The van der Waals surface area contributed by atoms with Gasteiger partial charge in [0.1, 0.15) is 0 Å². The van der Waals surface area contributed by atoms with Crippen LogP contribution in [0.5, 0.6) is 0 Å². The number of methoxy groups -OCH3 is 1. The fraction of sp³-hybridized carbons (Fsp3) is 0.429. The summed E-state index contributed by atoms with van der Waals surface area (Å²) in [6, 6.07) is 3.09. The zero-order chi connectivity index (χ0) is 8.10. The van der Waals surface area contributed by atoms with Gasteiger partial charge in [-0.2, -0.15) is 5.10 Å². The fourth-order valence-electron chi connectivity index (χ4n) is 0.733. The van der Waals surface area contributed by atoms with Gasteiger partial charge in [0.05, 0.1) is 13.2 Å². The summed E-state index contributed by atoms with van der Waals surface area (Å²) >= 11 is 0. The SMILES string of the molecule is COCCn1ncccc1=O. The van der Waals surface area contributed by atoms with Crippen molar-refractivity contribution in [2.24, 2.45) is 0 Å². The highest BCUT2D eigenvalue weighted by Gasteiger charge is 1.92. The Morgan fingerprint density at radius 3 is 3.18 bits per heavy atom. The molecule has 0 aliphatic heterocycles. The molecule has 0 radical (unpaired) electrons. The first-order valence-corrected chi connectivity index (χ1v) is 3.35. The van der Waals surface area contributed by atoms with Crippen molar-refractivity contribution in [1.82, 2.24) is 9.78 Å². The van der Waals surface area contributed by atoms with Gasteiger partial charge in [-0.25, -0.2) is 4.68 Å². The van der Waals surface area contributed by atoms with Crippen molar-refractivity contribution in [3.8, 4) is 0 Å². The maximum absolute atomic E-state index is 11.0. The molecule has 0 aliphatic rings. The Kier molecular flexibility index (Phi) is 2.80. The standard InChI is InChI=1S/C7H10N2O2/c1-11-6-5-9-7(10)3-2-4-8-9/h2-4H,5-6H2,1H3. The second-order valence-electron chi connectivity index (χ2n) is 2.08. The lowest BCUT2D eigenvalue weighted by Gasteiger charge is -2.00. The van der Waals surface area contributed by atoms with Crippen molar-refractivity contribution in [2.45, 2.75) is 6.54 Å². The highest BCUT2D eigenvalue weighted by Crippen LogP contribution is 1.76. The second kappa shape index (κ2) is 3.88. The van der Waals surface area contributed by atoms with Crippen LogP contribution in [0.25, 0.3) is 0 Å². The van der Waals surface area contributed by atoms with Gasteiger partial charge in [0, 0.05) is 19.4 Å². The van der Waals surface area contributed by atoms with Gasteiger partial charge in [-0.05, 0) is 6.07 Å². The maximum Gasteiger partial charge on any atom is 0.266 e. The lowest BCUT2D eigenvalue weighted by atomic mass is 10.5. The summed E-state index contributed by atoms with van der Waals surface area (Å²) in [5, 5.41) is 3.84. The molecule has 0 saturated heterocycles. The summed E-state index contributed by atoms with van der Waals surface area (Å²) in [6.45, 7) is 1.02. The molecular formula is C7H10N2O2. The topological polar surface area (TPSA) is 44.1 Å². The van der Waals surface area contributed by atoms with Gasteiger partial charge in [0.15, 0.2) is 0 Å². The number of hydrogen-bond acceptors (Lipinski definition) is 3. The maximum atomic E-state index is 11.0. The largest absolute Gasteiger partial charge is 0.383 e. The number of ether oxygens (including phenoxy) is 1. The average molecular weight is 154 g/mol. The van der Waals surface area contributed by atoms with Crippen LogP contribution in [-0.2, 0) is 11.3 Å². The molecule has 0 bridgehead atoms. The van der Waals surface area contributed by atoms with Gasteiger partial charge in [-0.15, -0.1) is 0 Å². The predicted octanol–water partition coefficient (Wildman–Crippen LogP) is -0.110. The summed E-state index contributed by atoms with van der Waals surface area (Å²) in [7, 11) is 1.59. The van der Waals surface area contributed by atoms with Gasteiger partial charge < -0.3 is 4.74 Å². The van der Waals surface area contributed by atoms with Crippen LogP contribution < -0.4 is 5.56 Å². The minimum atomic E-state index is -0.0930. The van der Waals surface area contributed by atoms with Crippen molar-refractivity contribution in [1.29, 1.82) is 0 Å². The summed E-state index contributed by atoms with van der Waals surface area (Å²) in [6.07, 6.45) is 1.58. The Hall–Kier alpha value is -1.16. The molecular weight excluding hydrogens is 144 g/mol. The van der Waals surface area contributed by atoms with Crippen molar-refractivity contribution in [3.05, 3.63) is 28.7 Å². The normalized spacial score (nSPS) is 9.91. The van der Waals surface area contributed by atoms with E-state index in [9.17, 15) is 4.79 Å². The molecule has 0 aromatic carbocycles. The quantitative estimate of drug-likeness (QED) is 0.610. The molecule has 0 saturated carbocycles. The molecule has 1 aromatic heterocycles. The van der Waals surface area contributed by atoms with E-state index in [1.807, 2.05) is 0 Å². The van der Waals surface area contributed by atoms with Crippen molar-refractivity contribution >= 4 is 0 Å². The van der Waals surface area contributed by atoms with Crippen LogP contribution in [0.2, 0.25) is 0 Å². The Labute approximate surface area is 64.4 Å². The van der Waals surface area contributed by atoms with Gasteiger partial charge in [-0.1, -0.05) is 0 Å². The third kappa shape index (κ3) is 2.16. The molecule has 1 rings (SSSR count). The molecule has 11 heavy (non-hydrogen) atoms. The van der Waals surface area contributed by atoms with Gasteiger partial charge in [-0.3, -0.25) is 4.79 Å². The Morgan fingerprint density at radius 1 is 1.73 bits per heavy atom. The second-order valence-corrected chi connectivity index (χ2v) is 2.08. The van der Waals surface area contributed by atoms with Crippen molar-refractivity contribution in [3.63, 3.8) is 0 Å². The Morgan fingerprint density at radius 2 is 2.55 bits per heavy atom. The lowest BCUT2D eigenvalue weighted by molar-refractivity contribution is 0.182. The number of nitrogens with zero attached hydrogens (tertiary/aromatic N) is 2.